The third-order valence-electron chi connectivity index (χ3n) is 3.54. The van der Waals surface area contributed by atoms with Gasteiger partial charge in [0, 0.05) is 6.42 Å². The van der Waals surface area contributed by atoms with E-state index in [1.165, 1.54) is 0 Å². The molecule has 1 aliphatic carbocycles. The van der Waals surface area contributed by atoms with E-state index < -0.39 is 0 Å². The Bertz CT molecular complexity index is 222. The van der Waals surface area contributed by atoms with E-state index in [0.717, 1.165) is 32.1 Å². The molecule has 4 nitrogen and oxygen atoms in total. The van der Waals surface area contributed by atoms with E-state index in [0.29, 0.717) is 18.9 Å². The normalized spacial score (nSPS) is 19.9. The Kier molecular flexibility index (Phi) is 5.22. The first-order valence-electron chi connectivity index (χ1n) is 6.24. The van der Waals surface area contributed by atoms with Crippen LogP contribution < -0.4 is 11.1 Å². The van der Waals surface area contributed by atoms with Crippen molar-refractivity contribution in [3.8, 4) is 0 Å². The summed E-state index contributed by atoms with van der Waals surface area (Å²) in [5.41, 5.74) is 5.16. The molecule has 16 heavy (non-hydrogen) atoms. The third kappa shape index (κ3) is 3.76. The van der Waals surface area contributed by atoms with Crippen LogP contribution in [0.1, 0.15) is 45.4 Å². The molecular formula is C12H24N2O2. The molecule has 0 aromatic rings. The fourth-order valence-electron chi connectivity index (χ4n) is 2.09. The first-order chi connectivity index (χ1) is 7.62. The van der Waals surface area contributed by atoms with E-state index in [9.17, 15) is 9.90 Å². The second kappa shape index (κ2) is 6.21. The van der Waals surface area contributed by atoms with Gasteiger partial charge in [-0.25, -0.2) is 0 Å². The number of aliphatic hydroxyl groups excluding tert-OH is 1. The number of hydrogen-bond acceptors (Lipinski definition) is 3. The fourth-order valence-corrected chi connectivity index (χ4v) is 2.09. The van der Waals surface area contributed by atoms with Crippen molar-refractivity contribution >= 4 is 5.91 Å². The molecule has 1 unspecified atom stereocenters. The monoisotopic (exact) mass is 228 g/mol. The van der Waals surface area contributed by atoms with Crippen molar-refractivity contribution in [3.63, 3.8) is 0 Å². The molecule has 1 saturated carbocycles. The van der Waals surface area contributed by atoms with Crippen LogP contribution in [0.5, 0.6) is 0 Å². The quantitative estimate of drug-likeness (QED) is 0.603. The molecule has 0 radical (unpaired) electrons. The molecule has 0 bridgehead atoms. The van der Waals surface area contributed by atoms with Gasteiger partial charge in [-0.1, -0.05) is 6.92 Å². The van der Waals surface area contributed by atoms with E-state index in [2.05, 4.69) is 12.2 Å². The van der Waals surface area contributed by atoms with E-state index in [-0.39, 0.29) is 18.1 Å². The number of rotatable bonds is 7. The molecule has 1 rings (SSSR count). The maximum atomic E-state index is 11.7. The van der Waals surface area contributed by atoms with Gasteiger partial charge in [0.2, 0.25) is 5.91 Å². The Balaban J connectivity index is 2.20. The molecule has 4 heteroatoms. The predicted molar refractivity (Wildman–Crippen MR) is 63.9 cm³/mol. The number of aliphatic hydroxyl groups is 1. The first-order valence-corrected chi connectivity index (χ1v) is 6.24. The highest BCUT2D eigenvalue weighted by atomic mass is 16.3. The lowest BCUT2D eigenvalue weighted by Crippen LogP contribution is -2.56. The van der Waals surface area contributed by atoms with Crippen LogP contribution in [0.25, 0.3) is 0 Å². The van der Waals surface area contributed by atoms with E-state index in [4.69, 9.17) is 5.73 Å². The van der Waals surface area contributed by atoms with Crippen LogP contribution in [0.4, 0.5) is 0 Å². The summed E-state index contributed by atoms with van der Waals surface area (Å²) >= 11 is 0. The second-order valence-electron chi connectivity index (χ2n) is 5.06. The Hall–Kier alpha value is -0.610. The van der Waals surface area contributed by atoms with Crippen molar-refractivity contribution in [2.24, 2.45) is 11.7 Å². The maximum Gasteiger partial charge on any atom is 0.220 e. The largest absolute Gasteiger partial charge is 0.394 e. The van der Waals surface area contributed by atoms with Gasteiger partial charge in [0.15, 0.2) is 0 Å². The third-order valence-corrected chi connectivity index (χ3v) is 3.54. The van der Waals surface area contributed by atoms with Gasteiger partial charge in [-0.3, -0.25) is 4.79 Å². The van der Waals surface area contributed by atoms with Crippen LogP contribution in [0.15, 0.2) is 0 Å². The molecule has 0 spiro atoms. The van der Waals surface area contributed by atoms with Gasteiger partial charge in [0.25, 0.3) is 0 Å². The van der Waals surface area contributed by atoms with Gasteiger partial charge in [0.1, 0.15) is 0 Å². The summed E-state index contributed by atoms with van der Waals surface area (Å²) in [4.78, 5) is 11.7. The van der Waals surface area contributed by atoms with Crippen LogP contribution in [-0.4, -0.2) is 29.7 Å². The number of carbonyl (C=O) groups is 1. The van der Waals surface area contributed by atoms with Gasteiger partial charge in [0.05, 0.1) is 12.1 Å². The van der Waals surface area contributed by atoms with Crippen molar-refractivity contribution < 1.29 is 9.90 Å². The van der Waals surface area contributed by atoms with Crippen LogP contribution in [0.2, 0.25) is 0 Å². The maximum absolute atomic E-state index is 11.7. The zero-order valence-electron chi connectivity index (χ0n) is 10.2. The highest BCUT2D eigenvalue weighted by Crippen LogP contribution is 2.31. The average molecular weight is 228 g/mol. The molecule has 0 saturated heterocycles. The standard InChI is InChI=1S/C12H24N2O2/c1-10(5-8-13)3-4-11(16)14-12(9-15)6-2-7-12/h10,15H,2-9,13H2,1H3,(H,14,16). The molecule has 94 valence electrons. The van der Waals surface area contributed by atoms with Crippen LogP contribution in [0.3, 0.4) is 0 Å². The van der Waals surface area contributed by atoms with Crippen LogP contribution >= 0.6 is 0 Å². The lowest BCUT2D eigenvalue weighted by molar-refractivity contribution is -0.125. The molecule has 0 aromatic heterocycles. The molecule has 1 fully saturated rings. The van der Waals surface area contributed by atoms with E-state index >= 15 is 0 Å². The summed E-state index contributed by atoms with van der Waals surface area (Å²) < 4.78 is 0. The number of nitrogens with two attached hydrogens (primary N) is 1. The van der Waals surface area contributed by atoms with Crippen molar-refractivity contribution in [1.29, 1.82) is 0 Å². The lowest BCUT2D eigenvalue weighted by atomic mass is 9.77. The molecule has 0 aliphatic heterocycles. The molecule has 1 amide bonds. The van der Waals surface area contributed by atoms with E-state index in [1.807, 2.05) is 0 Å². The van der Waals surface area contributed by atoms with Gasteiger partial charge in [-0.2, -0.15) is 0 Å². The minimum absolute atomic E-state index is 0.0666. The van der Waals surface area contributed by atoms with Crippen LogP contribution in [0, 0.1) is 5.92 Å². The number of nitrogens with one attached hydrogen (secondary N) is 1. The summed E-state index contributed by atoms with van der Waals surface area (Å²) in [6.45, 7) is 2.87. The summed E-state index contributed by atoms with van der Waals surface area (Å²) in [6.07, 6.45) is 5.32. The molecule has 0 aromatic carbocycles. The van der Waals surface area contributed by atoms with Crippen LogP contribution in [-0.2, 0) is 4.79 Å². The summed E-state index contributed by atoms with van der Waals surface area (Å²) in [7, 11) is 0. The lowest BCUT2D eigenvalue weighted by Gasteiger charge is -2.41. The Morgan fingerprint density at radius 1 is 1.50 bits per heavy atom. The number of hydrogen-bond donors (Lipinski definition) is 3. The first kappa shape index (κ1) is 13.5. The van der Waals surface area contributed by atoms with Crippen molar-refractivity contribution in [2.75, 3.05) is 13.2 Å². The van der Waals surface area contributed by atoms with Gasteiger partial charge < -0.3 is 16.2 Å². The van der Waals surface area contributed by atoms with Gasteiger partial charge in [-0.05, 0) is 44.6 Å². The SMILES string of the molecule is CC(CCN)CCC(=O)NC1(CO)CCC1. The van der Waals surface area contributed by atoms with E-state index in [1.54, 1.807) is 0 Å². The minimum Gasteiger partial charge on any atom is -0.394 e. The highest BCUT2D eigenvalue weighted by molar-refractivity contribution is 5.76. The molecule has 0 heterocycles. The Morgan fingerprint density at radius 2 is 2.19 bits per heavy atom. The molecule has 1 atom stereocenters. The zero-order valence-corrected chi connectivity index (χ0v) is 10.2. The topological polar surface area (TPSA) is 75.4 Å². The minimum atomic E-state index is -0.297. The predicted octanol–water partition coefficient (Wildman–Crippen LogP) is 0.783. The molecule has 4 N–H and O–H groups in total. The van der Waals surface area contributed by atoms with Gasteiger partial charge >= 0.3 is 0 Å². The summed E-state index contributed by atoms with van der Waals surface area (Å²) in [5, 5.41) is 12.2. The average Bonchev–Trinajstić information content (AvgIpc) is 2.21. The number of carbonyl (C=O) groups excluding carboxylic acids is 1. The Morgan fingerprint density at radius 3 is 2.62 bits per heavy atom. The molecule has 1 aliphatic rings. The zero-order chi connectivity index (χ0) is 12.0. The van der Waals surface area contributed by atoms with Crippen molar-refractivity contribution in [1.82, 2.24) is 5.32 Å². The smallest absolute Gasteiger partial charge is 0.220 e. The number of amides is 1. The summed E-state index contributed by atoms with van der Waals surface area (Å²) in [6, 6.07) is 0. The van der Waals surface area contributed by atoms with Crippen molar-refractivity contribution in [3.05, 3.63) is 0 Å². The fraction of sp³-hybridized carbons (Fsp3) is 0.917. The van der Waals surface area contributed by atoms with Crippen molar-refractivity contribution in [2.45, 2.75) is 51.0 Å². The Labute approximate surface area is 97.6 Å². The molecular weight excluding hydrogens is 204 g/mol. The second-order valence-corrected chi connectivity index (χ2v) is 5.06. The highest BCUT2D eigenvalue weighted by Gasteiger charge is 2.37. The summed E-state index contributed by atoms with van der Waals surface area (Å²) in [5.74, 6) is 0.569. The van der Waals surface area contributed by atoms with Gasteiger partial charge in [-0.15, -0.1) is 0 Å².